The van der Waals surface area contributed by atoms with Crippen LogP contribution >= 0.6 is 0 Å². The highest BCUT2D eigenvalue weighted by molar-refractivity contribution is 5.96. The number of allylic oxidation sites excluding steroid dienone is 1. The molecule has 0 bridgehead atoms. The first kappa shape index (κ1) is 5.96. The molecule has 1 heterocycles. The van der Waals surface area contributed by atoms with E-state index in [0.29, 0.717) is 13.0 Å². The smallest absolute Gasteiger partial charge is 0.225 e. The van der Waals surface area contributed by atoms with Crippen LogP contribution in [-0.4, -0.2) is 12.5 Å². The minimum Gasteiger partial charge on any atom is -0.256 e. The van der Waals surface area contributed by atoms with Crippen molar-refractivity contribution >= 4 is 5.97 Å². The summed E-state index contributed by atoms with van der Waals surface area (Å²) in [5.74, 6) is -0.622. The van der Waals surface area contributed by atoms with E-state index < -0.39 is 5.97 Å². The molecule has 0 unspecified atom stereocenters. The summed E-state index contributed by atoms with van der Waals surface area (Å²) < 4.78 is 12.3. The summed E-state index contributed by atoms with van der Waals surface area (Å²) >= 11 is 0. The van der Waals surface area contributed by atoms with Gasteiger partial charge in [-0.2, -0.15) is 9.65 Å². The molecule has 0 spiro atoms. The molecule has 0 aromatic rings. The van der Waals surface area contributed by atoms with E-state index in [9.17, 15) is 4.39 Å². The monoisotopic (exact) mass is 124 g/mol. The van der Waals surface area contributed by atoms with E-state index in [4.69, 9.17) is 5.26 Å². The third-order valence-electron chi connectivity index (χ3n) is 1.07. The van der Waals surface area contributed by atoms with Gasteiger partial charge >= 0.3 is 0 Å². The Kier molecular flexibility index (Phi) is 1.59. The van der Waals surface area contributed by atoms with Gasteiger partial charge in [0.1, 0.15) is 11.6 Å². The summed E-state index contributed by atoms with van der Waals surface area (Å²) in [5.41, 5.74) is 0.0706. The Balaban J connectivity index is 2.83. The van der Waals surface area contributed by atoms with Gasteiger partial charge in [-0.15, -0.1) is 0 Å². The first-order valence-corrected chi connectivity index (χ1v) is 2.65. The Bertz CT molecular complexity index is 210. The number of nitrogens with zero attached hydrogens (tertiary/aromatic N) is 2. The van der Waals surface area contributed by atoms with Gasteiger partial charge in [-0.3, -0.25) is 4.99 Å². The lowest BCUT2D eigenvalue weighted by molar-refractivity contribution is 0.778. The Hall–Kier alpha value is -1.17. The van der Waals surface area contributed by atoms with Crippen LogP contribution in [0.25, 0.3) is 0 Å². The second-order valence-corrected chi connectivity index (χ2v) is 1.69. The fraction of sp³-hybridized carbons (Fsp3) is 0.333. The van der Waals surface area contributed by atoms with Crippen LogP contribution in [0.1, 0.15) is 6.42 Å². The first-order chi connectivity index (χ1) is 4.34. The molecular formula is C6H5FN2. The van der Waals surface area contributed by atoms with Crippen molar-refractivity contribution in [2.24, 2.45) is 4.99 Å². The Morgan fingerprint density at radius 2 is 2.56 bits per heavy atom. The molecule has 1 rings (SSSR count). The van der Waals surface area contributed by atoms with Crippen LogP contribution in [0.3, 0.4) is 0 Å². The van der Waals surface area contributed by atoms with Gasteiger partial charge in [0.05, 0.1) is 0 Å². The minimum absolute atomic E-state index is 0.0706. The Labute approximate surface area is 52.3 Å². The molecule has 46 valence electrons. The van der Waals surface area contributed by atoms with Gasteiger partial charge in [0.25, 0.3) is 0 Å². The SMILES string of the molecule is N#CC1=CCCN=C1F. The van der Waals surface area contributed by atoms with Gasteiger partial charge in [0, 0.05) is 6.54 Å². The van der Waals surface area contributed by atoms with Gasteiger partial charge in [-0.25, -0.2) is 0 Å². The largest absolute Gasteiger partial charge is 0.256 e. The van der Waals surface area contributed by atoms with Crippen LogP contribution in [0.2, 0.25) is 0 Å². The molecule has 0 fully saturated rings. The quantitative estimate of drug-likeness (QED) is 0.478. The lowest BCUT2D eigenvalue weighted by Gasteiger charge is -1.98. The van der Waals surface area contributed by atoms with Gasteiger partial charge in [0.15, 0.2) is 0 Å². The fourth-order valence-electron chi connectivity index (χ4n) is 0.633. The molecule has 0 saturated heterocycles. The van der Waals surface area contributed by atoms with E-state index in [0.717, 1.165) is 0 Å². The van der Waals surface area contributed by atoms with Gasteiger partial charge in [0.2, 0.25) is 5.97 Å². The van der Waals surface area contributed by atoms with E-state index in [-0.39, 0.29) is 5.57 Å². The number of hydrogen-bond donors (Lipinski definition) is 0. The number of aliphatic imine (C=N–C) groups is 1. The van der Waals surface area contributed by atoms with Crippen molar-refractivity contribution in [1.82, 2.24) is 0 Å². The summed E-state index contributed by atoms with van der Waals surface area (Å²) in [5, 5.41) is 8.22. The Morgan fingerprint density at radius 1 is 1.78 bits per heavy atom. The first-order valence-electron chi connectivity index (χ1n) is 2.65. The van der Waals surface area contributed by atoms with Crippen LogP contribution in [0.15, 0.2) is 16.6 Å². The highest BCUT2D eigenvalue weighted by Gasteiger charge is 2.07. The average molecular weight is 124 g/mol. The van der Waals surface area contributed by atoms with Crippen LogP contribution < -0.4 is 0 Å². The van der Waals surface area contributed by atoms with Crippen molar-refractivity contribution in [3.8, 4) is 6.07 Å². The minimum atomic E-state index is -0.622. The van der Waals surface area contributed by atoms with Crippen LogP contribution in [0, 0.1) is 11.3 Å². The van der Waals surface area contributed by atoms with Gasteiger partial charge in [-0.1, -0.05) is 6.08 Å². The van der Waals surface area contributed by atoms with Crippen molar-refractivity contribution < 1.29 is 4.39 Å². The molecule has 9 heavy (non-hydrogen) atoms. The molecule has 2 nitrogen and oxygen atoms in total. The maximum Gasteiger partial charge on any atom is 0.225 e. The third kappa shape index (κ3) is 1.14. The van der Waals surface area contributed by atoms with E-state index in [2.05, 4.69) is 4.99 Å². The normalized spacial score (nSPS) is 17.8. The third-order valence-corrected chi connectivity index (χ3v) is 1.07. The molecule has 0 N–H and O–H groups in total. The van der Waals surface area contributed by atoms with Crippen LogP contribution in [-0.2, 0) is 0 Å². The summed E-state index contributed by atoms with van der Waals surface area (Å²) in [4.78, 5) is 3.44. The molecule has 1 aliphatic rings. The van der Waals surface area contributed by atoms with E-state index >= 15 is 0 Å². The highest BCUT2D eigenvalue weighted by atomic mass is 19.1. The fourth-order valence-corrected chi connectivity index (χ4v) is 0.633. The molecule has 0 aromatic carbocycles. The van der Waals surface area contributed by atoms with Crippen molar-refractivity contribution in [2.75, 3.05) is 6.54 Å². The number of halogens is 1. The van der Waals surface area contributed by atoms with E-state index in [1.54, 1.807) is 12.1 Å². The molecule has 0 amide bonds. The summed E-state index contributed by atoms with van der Waals surface area (Å²) in [6, 6.07) is 1.71. The molecular weight excluding hydrogens is 119 g/mol. The second kappa shape index (κ2) is 2.40. The highest BCUT2D eigenvalue weighted by Crippen LogP contribution is 2.06. The lowest BCUT2D eigenvalue weighted by atomic mass is 10.2. The number of nitriles is 1. The van der Waals surface area contributed by atoms with E-state index in [1.807, 2.05) is 0 Å². The predicted octanol–water partition coefficient (Wildman–Crippen LogP) is 1.21. The maximum absolute atomic E-state index is 12.3. The molecule has 0 aromatic heterocycles. The van der Waals surface area contributed by atoms with Crippen molar-refractivity contribution in [2.45, 2.75) is 6.42 Å². The maximum atomic E-state index is 12.3. The van der Waals surface area contributed by atoms with Crippen molar-refractivity contribution in [3.63, 3.8) is 0 Å². The topological polar surface area (TPSA) is 36.1 Å². The molecule has 0 aliphatic carbocycles. The molecule has 3 heteroatoms. The van der Waals surface area contributed by atoms with E-state index in [1.165, 1.54) is 0 Å². The average Bonchev–Trinajstić information content (AvgIpc) is 1.89. The second-order valence-electron chi connectivity index (χ2n) is 1.69. The van der Waals surface area contributed by atoms with Crippen molar-refractivity contribution in [3.05, 3.63) is 11.6 Å². The predicted molar refractivity (Wildman–Crippen MR) is 31.7 cm³/mol. The number of hydrogen-bond acceptors (Lipinski definition) is 2. The zero-order chi connectivity index (χ0) is 6.69. The van der Waals surface area contributed by atoms with Gasteiger partial charge in [-0.05, 0) is 6.42 Å². The van der Waals surface area contributed by atoms with Crippen LogP contribution in [0.5, 0.6) is 0 Å². The summed E-state index contributed by atoms with van der Waals surface area (Å²) in [6.45, 7) is 0.469. The van der Waals surface area contributed by atoms with Crippen molar-refractivity contribution in [1.29, 1.82) is 5.26 Å². The zero-order valence-electron chi connectivity index (χ0n) is 4.76. The van der Waals surface area contributed by atoms with Crippen LogP contribution in [0.4, 0.5) is 4.39 Å². The summed E-state index contributed by atoms with van der Waals surface area (Å²) in [6.07, 6.45) is 2.23. The molecule has 0 atom stereocenters. The summed E-state index contributed by atoms with van der Waals surface area (Å²) in [7, 11) is 0. The zero-order valence-corrected chi connectivity index (χ0v) is 4.76. The number of dihydropyridines is 1. The Morgan fingerprint density at radius 3 is 3.00 bits per heavy atom. The lowest BCUT2D eigenvalue weighted by Crippen LogP contribution is -2.00. The number of rotatable bonds is 0. The molecule has 0 saturated carbocycles. The van der Waals surface area contributed by atoms with Gasteiger partial charge < -0.3 is 0 Å². The molecule has 1 aliphatic heterocycles. The molecule has 0 radical (unpaired) electrons. The standard InChI is InChI=1S/C6H5FN2/c7-6-5(4-8)2-1-3-9-6/h2H,1,3H2.